The van der Waals surface area contributed by atoms with E-state index in [1.54, 1.807) is 0 Å². The summed E-state index contributed by atoms with van der Waals surface area (Å²) in [7, 11) is -3.97. The summed E-state index contributed by atoms with van der Waals surface area (Å²) in [5.41, 5.74) is 0. The van der Waals surface area contributed by atoms with E-state index in [0.717, 1.165) is 6.42 Å². The molecule has 0 radical (unpaired) electrons. The van der Waals surface area contributed by atoms with Crippen molar-refractivity contribution in [1.29, 1.82) is 0 Å². The zero-order chi connectivity index (χ0) is 14.2. The molecule has 0 spiro atoms. The molecule has 0 saturated heterocycles. The smallest absolute Gasteiger partial charge is 0.418 e. The van der Waals surface area contributed by atoms with Gasteiger partial charge in [0.15, 0.2) is 0 Å². The van der Waals surface area contributed by atoms with Crippen LogP contribution < -0.4 is 4.57 Å². The van der Waals surface area contributed by atoms with Crippen LogP contribution in [0.2, 0.25) is 0 Å². The number of aromatic nitrogens is 2. The molecule has 102 valence electrons. The molecule has 1 rings (SSSR count). The first-order valence-corrected chi connectivity index (χ1v) is 5.65. The van der Waals surface area contributed by atoms with E-state index in [-0.39, 0.29) is 0 Å². The van der Waals surface area contributed by atoms with Crippen molar-refractivity contribution in [3.05, 3.63) is 18.2 Å². The van der Waals surface area contributed by atoms with Gasteiger partial charge in [0.05, 0.1) is 7.05 Å². The summed E-state index contributed by atoms with van der Waals surface area (Å²) in [6.45, 7) is 4.25. The molecular formula is C11H17BF4N2. The molecule has 18 heavy (non-hydrogen) atoms. The lowest BCUT2D eigenvalue weighted by atomic mass is 10.3. The summed E-state index contributed by atoms with van der Waals surface area (Å²) in [6, 6.07) is 3.11. The highest BCUT2D eigenvalue weighted by atomic mass is 19.5. The molecule has 0 aliphatic heterocycles. The minimum Gasteiger partial charge on any atom is -0.418 e. The quantitative estimate of drug-likeness (QED) is 0.255. The Labute approximate surface area is 105 Å². The van der Waals surface area contributed by atoms with E-state index in [9.17, 15) is 17.3 Å². The van der Waals surface area contributed by atoms with Gasteiger partial charge in [-0.05, 0) is 6.42 Å². The molecule has 0 unspecified atom stereocenters. The Bertz CT molecular complexity index is 409. The average Bonchev–Trinajstić information content (AvgIpc) is 2.53. The fourth-order valence-corrected chi connectivity index (χ4v) is 1.08. The largest absolute Gasteiger partial charge is 0.673 e. The first-order valence-electron chi connectivity index (χ1n) is 5.65. The summed E-state index contributed by atoms with van der Waals surface area (Å²) in [5, 5.41) is 0. The summed E-state index contributed by atoms with van der Waals surface area (Å²) in [6.07, 6.45) is 7.42. The second-order valence-corrected chi connectivity index (χ2v) is 3.71. The monoisotopic (exact) mass is 264 g/mol. The molecule has 0 saturated carbocycles. The van der Waals surface area contributed by atoms with Crippen molar-refractivity contribution in [1.82, 2.24) is 4.57 Å². The summed E-state index contributed by atoms with van der Waals surface area (Å²) in [5.74, 6) is 4.33. The molecule has 2 nitrogen and oxygen atoms in total. The second kappa shape index (κ2) is 7.80. The molecule has 0 aliphatic rings. The molecule has 7 heteroatoms. The second-order valence-electron chi connectivity index (χ2n) is 3.71. The highest BCUT2D eigenvalue weighted by Crippen LogP contribution is 2.06. The lowest BCUT2D eigenvalue weighted by Crippen LogP contribution is -2.29. The van der Waals surface area contributed by atoms with Crippen LogP contribution in [0.3, 0.4) is 0 Å². The predicted octanol–water partition coefficient (Wildman–Crippen LogP) is 2.92. The Hall–Kier alpha value is -1.45. The van der Waals surface area contributed by atoms with Crippen molar-refractivity contribution in [3.63, 3.8) is 0 Å². The van der Waals surface area contributed by atoms with E-state index in [2.05, 4.69) is 30.4 Å². The SMILES string of the molecule is CCCCC#Cn1cc[n+](C)c1C.F[B-](F)(F)F. The minimum absolute atomic E-state index is 0.998. The lowest BCUT2D eigenvalue weighted by Gasteiger charge is -1.94. The fourth-order valence-electron chi connectivity index (χ4n) is 1.08. The molecule has 0 amide bonds. The number of rotatable bonds is 2. The van der Waals surface area contributed by atoms with Crippen LogP contribution in [-0.2, 0) is 7.05 Å². The van der Waals surface area contributed by atoms with Gasteiger partial charge in [-0.2, -0.15) is 4.57 Å². The Balaban J connectivity index is 0.000000494. The van der Waals surface area contributed by atoms with Gasteiger partial charge in [0.25, 0.3) is 5.82 Å². The maximum atomic E-state index is 9.75. The van der Waals surface area contributed by atoms with E-state index in [1.165, 1.54) is 18.7 Å². The van der Waals surface area contributed by atoms with Gasteiger partial charge in [-0.1, -0.05) is 19.3 Å². The zero-order valence-corrected chi connectivity index (χ0v) is 10.8. The van der Waals surface area contributed by atoms with Crippen molar-refractivity contribution in [2.75, 3.05) is 0 Å². The molecule has 1 aromatic heterocycles. The highest BCUT2D eigenvalue weighted by molar-refractivity contribution is 6.50. The average molecular weight is 264 g/mol. The number of nitrogens with zero attached hydrogens (tertiary/aromatic N) is 2. The predicted molar refractivity (Wildman–Crippen MR) is 63.2 cm³/mol. The summed E-state index contributed by atoms with van der Waals surface area (Å²) < 4.78 is 43.0. The molecular weight excluding hydrogens is 247 g/mol. The van der Waals surface area contributed by atoms with Crippen LogP contribution >= 0.6 is 0 Å². The third-order valence-electron chi connectivity index (χ3n) is 2.15. The minimum atomic E-state index is -6.00. The van der Waals surface area contributed by atoms with Crippen molar-refractivity contribution in [2.24, 2.45) is 7.05 Å². The molecule has 0 aromatic carbocycles. The van der Waals surface area contributed by atoms with Crippen molar-refractivity contribution < 1.29 is 21.8 Å². The number of hydrogen-bond donors (Lipinski definition) is 0. The molecule has 0 atom stereocenters. The number of unbranched alkanes of at least 4 members (excludes halogenated alkanes) is 2. The van der Waals surface area contributed by atoms with Crippen LogP contribution in [0.15, 0.2) is 12.4 Å². The first kappa shape index (κ1) is 16.6. The van der Waals surface area contributed by atoms with Gasteiger partial charge in [0, 0.05) is 13.3 Å². The normalized spacial score (nSPS) is 10.2. The topological polar surface area (TPSA) is 8.81 Å². The van der Waals surface area contributed by atoms with Crippen molar-refractivity contribution in [3.8, 4) is 12.0 Å². The van der Waals surface area contributed by atoms with E-state index >= 15 is 0 Å². The zero-order valence-electron chi connectivity index (χ0n) is 10.8. The maximum absolute atomic E-state index is 9.75. The molecule has 0 N–H and O–H groups in total. The van der Waals surface area contributed by atoms with Crippen LogP contribution in [0, 0.1) is 18.9 Å². The summed E-state index contributed by atoms with van der Waals surface area (Å²) >= 11 is 0. The first-order chi connectivity index (χ1) is 8.25. The number of hydrogen-bond acceptors (Lipinski definition) is 0. The lowest BCUT2D eigenvalue weighted by molar-refractivity contribution is -0.676. The van der Waals surface area contributed by atoms with Gasteiger partial charge in [-0.3, -0.25) is 0 Å². The van der Waals surface area contributed by atoms with E-state index in [0.29, 0.717) is 0 Å². The van der Waals surface area contributed by atoms with Gasteiger partial charge in [-0.25, -0.2) is 4.57 Å². The Morgan fingerprint density at radius 1 is 1.33 bits per heavy atom. The van der Waals surface area contributed by atoms with E-state index < -0.39 is 7.25 Å². The standard InChI is InChI=1S/C11H17N2.BF4/c1-4-5-6-7-8-13-10-9-12(3)11(13)2;2-1(3,4)5/h9-10H,4-6H2,1-3H3;/q+1;-1. The fraction of sp³-hybridized carbons (Fsp3) is 0.545. The molecule has 0 aliphatic carbocycles. The van der Waals surface area contributed by atoms with E-state index in [1.807, 2.05) is 24.0 Å². The maximum Gasteiger partial charge on any atom is 0.673 e. The number of aryl methyl sites for hydroxylation is 1. The van der Waals surface area contributed by atoms with Gasteiger partial charge in [0.2, 0.25) is 0 Å². The number of imidazole rings is 1. The Kier molecular flexibility index (Phi) is 7.17. The van der Waals surface area contributed by atoms with Crippen LogP contribution in [0.5, 0.6) is 0 Å². The molecule has 1 heterocycles. The van der Waals surface area contributed by atoms with Gasteiger partial charge in [0.1, 0.15) is 18.4 Å². The third-order valence-corrected chi connectivity index (χ3v) is 2.15. The van der Waals surface area contributed by atoms with E-state index in [4.69, 9.17) is 0 Å². The van der Waals surface area contributed by atoms with Crippen LogP contribution in [-0.4, -0.2) is 11.8 Å². The van der Waals surface area contributed by atoms with Crippen LogP contribution in [0.1, 0.15) is 32.0 Å². The molecule has 1 aromatic rings. The van der Waals surface area contributed by atoms with Crippen molar-refractivity contribution >= 4 is 7.25 Å². The van der Waals surface area contributed by atoms with Crippen molar-refractivity contribution in [2.45, 2.75) is 33.1 Å². The van der Waals surface area contributed by atoms with Gasteiger partial charge < -0.3 is 17.3 Å². The Morgan fingerprint density at radius 3 is 2.28 bits per heavy atom. The number of halogens is 4. The van der Waals surface area contributed by atoms with Crippen LogP contribution in [0.4, 0.5) is 17.3 Å². The molecule has 0 bridgehead atoms. The van der Waals surface area contributed by atoms with Gasteiger partial charge in [-0.15, -0.1) is 0 Å². The van der Waals surface area contributed by atoms with Crippen LogP contribution in [0.25, 0.3) is 0 Å². The highest BCUT2D eigenvalue weighted by Gasteiger charge is 2.20. The molecule has 0 fully saturated rings. The third kappa shape index (κ3) is 8.68. The Morgan fingerprint density at radius 2 is 1.89 bits per heavy atom. The summed E-state index contributed by atoms with van der Waals surface area (Å²) in [4.78, 5) is 0. The van der Waals surface area contributed by atoms with Gasteiger partial charge >= 0.3 is 7.25 Å².